The quantitative estimate of drug-likeness (QED) is 0.230. The molecule has 0 atom stereocenters. The number of hydrogen-bond acceptors (Lipinski definition) is 6. The number of amidine groups is 1. The van der Waals surface area contributed by atoms with Gasteiger partial charge in [-0.2, -0.15) is 0 Å². The van der Waals surface area contributed by atoms with Gasteiger partial charge >= 0.3 is 0 Å². The minimum absolute atomic E-state index is 0.128. The molecule has 150 valence electrons. The molecule has 1 aromatic rings. The summed E-state index contributed by atoms with van der Waals surface area (Å²) >= 11 is 0. The van der Waals surface area contributed by atoms with Crippen LogP contribution in [0, 0.1) is 0 Å². The molecule has 0 aliphatic carbocycles. The molecule has 1 aromatic carbocycles. The van der Waals surface area contributed by atoms with Crippen LogP contribution < -0.4 is 21.6 Å². The van der Waals surface area contributed by atoms with Gasteiger partial charge in [0.25, 0.3) is 0 Å². The number of fused-ring (bicyclic) bond motifs is 1. The second-order valence-electron chi connectivity index (χ2n) is 7.19. The van der Waals surface area contributed by atoms with Crippen molar-refractivity contribution in [3.05, 3.63) is 59.2 Å². The van der Waals surface area contributed by atoms with Crippen molar-refractivity contribution in [3.63, 3.8) is 0 Å². The van der Waals surface area contributed by atoms with E-state index in [0.717, 1.165) is 16.7 Å². The number of rotatable bonds is 5. The average Bonchev–Trinajstić information content (AvgIpc) is 2.88. The topological polar surface area (TPSA) is 123 Å². The maximum atomic E-state index is 13.0. The van der Waals surface area contributed by atoms with Crippen LogP contribution in [0.3, 0.4) is 0 Å². The number of nitrogens with zero attached hydrogens (tertiary/aromatic N) is 2. The van der Waals surface area contributed by atoms with E-state index in [1.165, 1.54) is 4.90 Å². The third kappa shape index (κ3) is 4.08. The van der Waals surface area contributed by atoms with Crippen LogP contribution in [0.15, 0.2) is 53.1 Å². The SMILES string of the molecule is CC(=N/C=C(\C)c1ccc2c(c1)N(/C(N)=C/C=C(/C)NO)C(=O)C2(C)C)NO. The number of carbonyl (C=O) groups excluding carboxylic acids is 1. The molecule has 0 saturated heterocycles. The first-order chi connectivity index (χ1) is 13.1. The zero-order valence-electron chi connectivity index (χ0n) is 16.7. The minimum Gasteiger partial charge on any atom is -0.385 e. The number of benzene rings is 1. The van der Waals surface area contributed by atoms with Gasteiger partial charge in [-0.25, -0.2) is 4.99 Å². The predicted molar refractivity (Wildman–Crippen MR) is 110 cm³/mol. The number of hydroxylamine groups is 2. The van der Waals surface area contributed by atoms with E-state index >= 15 is 0 Å². The lowest BCUT2D eigenvalue weighted by Gasteiger charge is -2.20. The van der Waals surface area contributed by atoms with E-state index in [-0.39, 0.29) is 11.7 Å². The number of hydrogen-bond donors (Lipinski definition) is 5. The largest absolute Gasteiger partial charge is 0.385 e. The van der Waals surface area contributed by atoms with E-state index in [9.17, 15) is 4.79 Å². The number of anilines is 1. The summed E-state index contributed by atoms with van der Waals surface area (Å²) in [5, 5.41) is 17.7. The molecule has 6 N–H and O–H groups in total. The van der Waals surface area contributed by atoms with Crippen molar-refractivity contribution in [2.45, 2.75) is 40.0 Å². The van der Waals surface area contributed by atoms with E-state index in [1.807, 2.05) is 49.9 Å². The summed E-state index contributed by atoms with van der Waals surface area (Å²) in [6.07, 6.45) is 4.78. The fourth-order valence-corrected chi connectivity index (χ4v) is 2.87. The highest BCUT2D eigenvalue weighted by atomic mass is 16.5. The van der Waals surface area contributed by atoms with Gasteiger partial charge in [0.1, 0.15) is 11.7 Å². The van der Waals surface area contributed by atoms with E-state index in [4.69, 9.17) is 16.1 Å². The Labute approximate surface area is 164 Å². The van der Waals surface area contributed by atoms with Gasteiger partial charge in [0.15, 0.2) is 0 Å². The zero-order valence-corrected chi connectivity index (χ0v) is 16.7. The normalized spacial score (nSPS) is 17.7. The van der Waals surface area contributed by atoms with Gasteiger partial charge in [-0.1, -0.05) is 12.1 Å². The average molecular weight is 385 g/mol. The maximum Gasteiger partial charge on any atom is 0.242 e. The first kappa shape index (κ1) is 21.2. The highest BCUT2D eigenvalue weighted by molar-refractivity contribution is 6.10. The van der Waals surface area contributed by atoms with Crippen LogP contribution in [0.25, 0.3) is 5.57 Å². The van der Waals surface area contributed by atoms with Crippen molar-refractivity contribution in [1.82, 2.24) is 11.0 Å². The molecule has 0 aromatic heterocycles. The van der Waals surface area contributed by atoms with E-state index < -0.39 is 5.41 Å². The van der Waals surface area contributed by atoms with E-state index in [0.29, 0.717) is 17.2 Å². The Morgan fingerprint density at radius 1 is 1.18 bits per heavy atom. The summed E-state index contributed by atoms with van der Waals surface area (Å²) in [7, 11) is 0. The maximum absolute atomic E-state index is 13.0. The minimum atomic E-state index is -0.715. The molecule has 8 heteroatoms. The molecule has 0 fully saturated rings. The lowest BCUT2D eigenvalue weighted by Crippen LogP contribution is -2.38. The first-order valence-electron chi connectivity index (χ1n) is 8.78. The standard InChI is InChI=1S/C20H27N5O3/c1-12(11-22-14(3)24-28)15-7-8-16-17(10-15)25(19(26)20(16,4)5)18(21)9-6-13(2)23-27/h6-11,23,27-28H,21H2,1-5H3,(H,22,24)/b12-11+,13-6-,18-9+. The summed E-state index contributed by atoms with van der Waals surface area (Å²) in [4.78, 5) is 18.6. The fraction of sp³-hybridized carbons (Fsp3) is 0.300. The monoisotopic (exact) mass is 385 g/mol. The van der Waals surface area contributed by atoms with Crippen molar-refractivity contribution in [2.24, 2.45) is 10.7 Å². The van der Waals surface area contributed by atoms with Crippen LogP contribution >= 0.6 is 0 Å². The molecule has 0 unspecified atom stereocenters. The summed E-state index contributed by atoms with van der Waals surface area (Å²) in [6.45, 7) is 8.92. The Bertz CT molecular complexity index is 897. The molecule has 1 aliphatic heterocycles. The second-order valence-corrected chi connectivity index (χ2v) is 7.19. The number of nitrogens with two attached hydrogens (primary N) is 1. The van der Waals surface area contributed by atoms with Gasteiger partial charge < -0.3 is 5.73 Å². The lowest BCUT2D eigenvalue weighted by atomic mass is 9.85. The summed E-state index contributed by atoms with van der Waals surface area (Å²) in [5.41, 5.74) is 13.3. The third-order valence-corrected chi connectivity index (χ3v) is 4.66. The fourth-order valence-electron chi connectivity index (χ4n) is 2.87. The summed E-state index contributed by atoms with van der Waals surface area (Å²) in [6, 6.07) is 5.75. The van der Waals surface area contributed by atoms with Gasteiger partial charge in [0.05, 0.1) is 11.1 Å². The number of amides is 1. The van der Waals surface area contributed by atoms with E-state index in [1.54, 1.807) is 32.2 Å². The van der Waals surface area contributed by atoms with Crippen molar-refractivity contribution < 1.29 is 15.2 Å². The number of carbonyl (C=O) groups is 1. The number of nitrogens with one attached hydrogen (secondary N) is 2. The summed E-state index contributed by atoms with van der Waals surface area (Å²) < 4.78 is 0. The highest BCUT2D eigenvalue weighted by Crippen LogP contribution is 2.43. The molecule has 8 nitrogen and oxygen atoms in total. The Kier molecular flexibility index (Phi) is 6.27. The first-order valence-corrected chi connectivity index (χ1v) is 8.78. The second kappa shape index (κ2) is 8.28. The molecule has 1 heterocycles. The lowest BCUT2D eigenvalue weighted by molar-refractivity contribution is -0.121. The molecule has 0 bridgehead atoms. The zero-order chi connectivity index (χ0) is 21.1. The molecule has 0 radical (unpaired) electrons. The van der Waals surface area contributed by atoms with Crippen molar-refractivity contribution in [1.29, 1.82) is 0 Å². The van der Waals surface area contributed by atoms with Gasteiger partial charge in [-0.05, 0) is 69.5 Å². The van der Waals surface area contributed by atoms with Crippen molar-refractivity contribution in [3.8, 4) is 0 Å². The Morgan fingerprint density at radius 2 is 1.86 bits per heavy atom. The molecule has 1 aliphatic rings. The van der Waals surface area contributed by atoms with Crippen LogP contribution in [0.1, 0.15) is 45.7 Å². The van der Waals surface area contributed by atoms with Crippen LogP contribution in [0.5, 0.6) is 0 Å². The van der Waals surface area contributed by atoms with Crippen molar-refractivity contribution in [2.75, 3.05) is 4.90 Å². The van der Waals surface area contributed by atoms with Gasteiger partial charge in [0, 0.05) is 11.9 Å². The number of allylic oxidation sites excluding steroid dienone is 4. The van der Waals surface area contributed by atoms with Crippen LogP contribution in [0.2, 0.25) is 0 Å². The Balaban J connectivity index is 2.53. The van der Waals surface area contributed by atoms with Crippen LogP contribution in [-0.4, -0.2) is 22.2 Å². The molecular formula is C20H27N5O3. The van der Waals surface area contributed by atoms with E-state index in [2.05, 4.69) is 4.99 Å². The molecule has 28 heavy (non-hydrogen) atoms. The van der Waals surface area contributed by atoms with Gasteiger partial charge in [-0.15, -0.1) is 0 Å². The van der Waals surface area contributed by atoms with Gasteiger partial charge in [-0.3, -0.25) is 31.1 Å². The highest BCUT2D eigenvalue weighted by Gasteiger charge is 2.44. The van der Waals surface area contributed by atoms with Crippen LogP contribution in [0.4, 0.5) is 5.69 Å². The molecular weight excluding hydrogens is 358 g/mol. The Hall–Kier alpha value is -3.10. The van der Waals surface area contributed by atoms with Crippen LogP contribution in [-0.2, 0) is 10.2 Å². The molecule has 0 spiro atoms. The predicted octanol–water partition coefficient (Wildman–Crippen LogP) is 2.75. The smallest absolute Gasteiger partial charge is 0.242 e. The Morgan fingerprint density at radius 3 is 2.46 bits per heavy atom. The molecule has 1 amide bonds. The van der Waals surface area contributed by atoms with Crippen molar-refractivity contribution >= 4 is 23.0 Å². The molecule has 0 saturated carbocycles. The third-order valence-electron chi connectivity index (χ3n) is 4.66. The van der Waals surface area contributed by atoms with Gasteiger partial charge in [0.2, 0.25) is 5.91 Å². The molecule has 2 rings (SSSR count). The summed E-state index contributed by atoms with van der Waals surface area (Å²) in [5.74, 6) is 0.491. The number of aliphatic imine (C=N–C) groups is 1.